The van der Waals surface area contributed by atoms with Gasteiger partial charge in [0.15, 0.2) is 0 Å². The summed E-state index contributed by atoms with van der Waals surface area (Å²) >= 11 is 0. The number of aliphatic carboxylic acids is 1. The zero-order chi connectivity index (χ0) is 12.3. The summed E-state index contributed by atoms with van der Waals surface area (Å²) < 4.78 is 10.7. The molecule has 1 unspecified atom stereocenters. The Balaban J connectivity index is 1.87. The van der Waals surface area contributed by atoms with Crippen molar-refractivity contribution in [1.29, 1.82) is 0 Å². The maximum absolute atomic E-state index is 12.0. The first-order chi connectivity index (χ1) is 8.16. The summed E-state index contributed by atoms with van der Waals surface area (Å²) in [6, 6.07) is 0. The van der Waals surface area contributed by atoms with Crippen LogP contribution in [0.1, 0.15) is 19.3 Å². The van der Waals surface area contributed by atoms with Crippen molar-refractivity contribution in [3.63, 3.8) is 0 Å². The predicted octanol–water partition coefficient (Wildman–Crippen LogP) is -0.133. The maximum atomic E-state index is 12.0. The second-order valence-electron chi connectivity index (χ2n) is 4.38. The second kappa shape index (κ2) is 5.46. The molecular formula is C11H17NO5. The lowest BCUT2D eigenvalue weighted by atomic mass is 10.1. The van der Waals surface area contributed by atoms with Crippen molar-refractivity contribution in [2.75, 3.05) is 26.3 Å². The van der Waals surface area contributed by atoms with E-state index in [1.807, 2.05) is 0 Å². The van der Waals surface area contributed by atoms with Crippen molar-refractivity contribution >= 4 is 11.9 Å². The molecule has 0 aliphatic carbocycles. The van der Waals surface area contributed by atoms with Gasteiger partial charge in [-0.1, -0.05) is 0 Å². The number of hydrogen-bond donors (Lipinski definition) is 1. The Bertz CT molecular complexity index is 300. The highest BCUT2D eigenvalue weighted by Gasteiger charge is 2.32. The Hall–Kier alpha value is -1.14. The molecule has 2 aliphatic heterocycles. The smallest absolute Gasteiger partial charge is 0.306 e. The predicted molar refractivity (Wildman–Crippen MR) is 57.5 cm³/mol. The van der Waals surface area contributed by atoms with Crippen LogP contribution in [0.15, 0.2) is 0 Å². The SMILES string of the molecule is O=C(O)CC1CN(C(=O)[C@H]2CCCO2)CCO1. The first-order valence-corrected chi connectivity index (χ1v) is 5.90. The normalized spacial score (nSPS) is 29.3. The van der Waals surface area contributed by atoms with Crippen LogP contribution in [-0.4, -0.2) is 60.4 Å². The van der Waals surface area contributed by atoms with E-state index in [2.05, 4.69) is 0 Å². The van der Waals surface area contributed by atoms with Gasteiger partial charge in [0.2, 0.25) is 0 Å². The van der Waals surface area contributed by atoms with E-state index >= 15 is 0 Å². The zero-order valence-electron chi connectivity index (χ0n) is 9.63. The maximum Gasteiger partial charge on any atom is 0.306 e. The van der Waals surface area contributed by atoms with Crippen LogP contribution in [0.2, 0.25) is 0 Å². The van der Waals surface area contributed by atoms with E-state index in [1.54, 1.807) is 4.90 Å². The third kappa shape index (κ3) is 3.17. The molecule has 2 atom stereocenters. The minimum atomic E-state index is -0.901. The highest BCUT2D eigenvalue weighted by atomic mass is 16.5. The fourth-order valence-corrected chi connectivity index (χ4v) is 2.21. The van der Waals surface area contributed by atoms with Crippen LogP contribution < -0.4 is 0 Å². The molecule has 0 aromatic carbocycles. The van der Waals surface area contributed by atoms with Crippen LogP contribution in [0.5, 0.6) is 0 Å². The molecule has 0 spiro atoms. The first-order valence-electron chi connectivity index (χ1n) is 5.90. The number of carboxylic acid groups (broad SMARTS) is 1. The van der Waals surface area contributed by atoms with Crippen molar-refractivity contribution in [3.8, 4) is 0 Å². The molecule has 2 rings (SSSR count). The molecule has 1 N–H and O–H groups in total. The van der Waals surface area contributed by atoms with Crippen LogP contribution in [0.3, 0.4) is 0 Å². The highest BCUT2D eigenvalue weighted by molar-refractivity contribution is 5.81. The minimum absolute atomic E-state index is 0.0267. The van der Waals surface area contributed by atoms with Gasteiger partial charge in [0.25, 0.3) is 5.91 Å². The molecule has 0 radical (unpaired) electrons. The number of carbonyl (C=O) groups excluding carboxylic acids is 1. The molecule has 0 bridgehead atoms. The lowest BCUT2D eigenvalue weighted by Gasteiger charge is -2.33. The van der Waals surface area contributed by atoms with Crippen molar-refractivity contribution < 1.29 is 24.2 Å². The molecule has 2 saturated heterocycles. The van der Waals surface area contributed by atoms with E-state index < -0.39 is 12.1 Å². The molecule has 0 saturated carbocycles. The van der Waals surface area contributed by atoms with Crippen molar-refractivity contribution in [1.82, 2.24) is 4.90 Å². The highest BCUT2D eigenvalue weighted by Crippen LogP contribution is 2.17. The molecule has 0 aromatic heterocycles. The van der Waals surface area contributed by atoms with E-state index in [1.165, 1.54) is 0 Å². The van der Waals surface area contributed by atoms with Gasteiger partial charge >= 0.3 is 5.97 Å². The number of carbonyl (C=O) groups is 2. The molecule has 2 aliphatic rings. The van der Waals surface area contributed by atoms with Gasteiger partial charge in [-0.05, 0) is 12.8 Å². The van der Waals surface area contributed by atoms with Gasteiger partial charge in [0, 0.05) is 19.7 Å². The quantitative estimate of drug-likeness (QED) is 0.747. The van der Waals surface area contributed by atoms with E-state index in [4.69, 9.17) is 14.6 Å². The van der Waals surface area contributed by atoms with Gasteiger partial charge in [-0.25, -0.2) is 0 Å². The average Bonchev–Trinajstić information content (AvgIpc) is 2.81. The fourth-order valence-electron chi connectivity index (χ4n) is 2.21. The topological polar surface area (TPSA) is 76.1 Å². The van der Waals surface area contributed by atoms with Gasteiger partial charge < -0.3 is 19.5 Å². The Morgan fingerprint density at radius 1 is 1.29 bits per heavy atom. The molecule has 2 fully saturated rings. The van der Waals surface area contributed by atoms with Crippen LogP contribution in [0.4, 0.5) is 0 Å². The summed E-state index contributed by atoms with van der Waals surface area (Å²) in [6.07, 6.45) is 0.888. The zero-order valence-corrected chi connectivity index (χ0v) is 9.63. The van der Waals surface area contributed by atoms with Gasteiger partial charge in [0.1, 0.15) is 6.10 Å². The number of nitrogens with zero attached hydrogens (tertiary/aromatic N) is 1. The molecule has 17 heavy (non-hydrogen) atoms. The summed E-state index contributed by atoms with van der Waals surface area (Å²) in [6.45, 7) is 1.91. The molecule has 0 aromatic rings. The Labute approximate surface area is 99.5 Å². The summed E-state index contributed by atoms with van der Waals surface area (Å²) in [5, 5.41) is 8.69. The number of rotatable bonds is 3. The number of ether oxygens (including phenoxy) is 2. The molecule has 6 nitrogen and oxygen atoms in total. The third-order valence-electron chi connectivity index (χ3n) is 3.06. The van der Waals surface area contributed by atoms with E-state index in [0.717, 1.165) is 12.8 Å². The first kappa shape index (κ1) is 12.3. The molecule has 6 heteroatoms. The average molecular weight is 243 g/mol. The van der Waals surface area contributed by atoms with Crippen LogP contribution in [0.25, 0.3) is 0 Å². The fraction of sp³-hybridized carbons (Fsp3) is 0.818. The number of morpholine rings is 1. The summed E-state index contributed by atoms with van der Waals surface area (Å²) in [7, 11) is 0. The standard InChI is InChI=1S/C11H17NO5/c13-10(14)6-8-7-12(3-5-16-8)11(15)9-2-1-4-17-9/h8-9H,1-7H2,(H,13,14)/t8?,9-/m1/s1. The van der Waals surface area contributed by atoms with Gasteiger partial charge in [0.05, 0.1) is 19.1 Å². The lowest BCUT2D eigenvalue weighted by molar-refractivity contribution is -0.153. The van der Waals surface area contributed by atoms with Crippen LogP contribution in [-0.2, 0) is 19.1 Å². The Morgan fingerprint density at radius 2 is 2.12 bits per heavy atom. The number of hydrogen-bond acceptors (Lipinski definition) is 4. The number of carboxylic acids is 1. The summed E-state index contributed by atoms with van der Waals surface area (Å²) in [4.78, 5) is 24.3. The van der Waals surface area contributed by atoms with Gasteiger partial charge in [-0.15, -0.1) is 0 Å². The van der Waals surface area contributed by atoms with Crippen LogP contribution in [0, 0.1) is 0 Å². The van der Waals surface area contributed by atoms with Crippen molar-refractivity contribution in [2.45, 2.75) is 31.5 Å². The third-order valence-corrected chi connectivity index (χ3v) is 3.06. The Morgan fingerprint density at radius 3 is 2.76 bits per heavy atom. The summed E-state index contributed by atoms with van der Waals surface area (Å²) in [5.41, 5.74) is 0. The Kier molecular flexibility index (Phi) is 3.96. The van der Waals surface area contributed by atoms with E-state index in [9.17, 15) is 9.59 Å². The van der Waals surface area contributed by atoms with E-state index in [0.29, 0.717) is 26.3 Å². The second-order valence-corrected chi connectivity index (χ2v) is 4.38. The van der Waals surface area contributed by atoms with E-state index in [-0.39, 0.29) is 18.4 Å². The minimum Gasteiger partial charge on any atom is -0.481 e. The van der Waals surface area contributed by atoms with Crippen LogP contribution >= 0.6 is 0 Å². The van der Waals surface area contributed by atoms with Gasteiger partial charge in [-0.2, -0.15) is 0 Å². The molecule has 96 valence electrons. The van der Waals surface area contributed by atoms with Crippen molar-refractivity contribution in [2.24, 2.45) is 0 Å². The molecular weight excluding hydrogens is 226 g/mol. The molecule has 2 heterocycles. The molecule has 1 amide bonds. The number of amides is 1. The summed E-state index contributed by atoms with van der Waals surface area (Å²) in [5.74, 6) is -0.928. The largest absolute Gasteiger partial charge is 0.481 e. The van der Waals surface area contributed by atoms with Crippen molar-refractivity contribution in [3.05, 3.63) is 0 Å². The lowest BCUT2D eigenvalue weighted by Crippen LogP contribution is -2.49. The monoisotopic (exact) mass is 243 g/mol. The van der Waals surface area contributed by atoms with Gasteiger partial charge in [-0.3, -0.25) is 9.59 Å².